The highest BCUT2D eigenvalue weighted by molar-refractivity contribution is 5.73. The third-order valence-corrected chi connectivity index (χ3v) is 3.14. The summed E-state index contributed by atoms with van der Waals surface area (Å²) < 4.78 is 0. The van der Waals surface area contributed by atoms with E-state index in [0.29, 0.717) is 0 Å². The van der Waals surface area contributed by atoms with Crippen LogP contribution < -0.4 is 4.90 Å². The summed E-state index contributed by atoms with van der Waals surface area (Å²) in [6.07, 6.45) is 3.98. The molecule has 0 atom stereocenters. The summed E-state index contributed by atoms with van der Waals surface area (Å²) in [5, 5.41) is 0. The van der Waals surface area contributed by atoms with Crippen LogP contribution in [0.4, 0.5) is 5.82 Å². The summed E-state index contributed by atoms with van der Waals surface area (Å²) >= 11 is 0. The predicted molar refractivity (Wildman–Crippen MR) is 73.4 cm³/mol. The topological polar surface area (TPSA) is 36.4 Å². The smallest absolute Gasteiger partial charge is 0.219 e. The molecule has 1 aliphatic rings. The van der Waals surface area contributed by atoms with Crippen molar-refractivity contribution in [3.8, 4) is 0 Å². The molecule has 0 bridgehead atoms. The molecule has 1 saturated heterocycles. The van der Waals surface area contributed by atoms with Gasteiger partial charge in [0.05, 0.1) is 5.69 Å². The number of carbonyl (C=O) groups excluding carboxylic acids is 1. The zero-order valence-electron chi connectivity index (χ0n) is 11.0. The Morgan fingerprint density at radius 3 is 2.61 bits per heavy atom. The second-order valence-corrected chi connectivity index (χ2v) is 4.41. The van der Waals surface area contributed by atoms with E-state index in [9.17, 15) is 4.79 Å². The number of anilines is 1. The van der Waals surface area contributed by atoms with E-state index in [1.165, 1.54) is 0 Å². The molecule has 0 unspecified atom stereocenters. The first-order chi connectivity index (χ1) is 8.70. The molecule has 4 nitrogen and oxygen atoms in total. The fourth-order valence-electron chi connectivity index (χ4n) is 2.13. The lowest BCUT2D eigenvalue weighted by Crippen LogP contribution is -2.48. The quantitative estimate of drug-likeness (QED) is 0.797. The Kier molecular flexibility index (Phi) is 3.97. The van der Waals surface area contributed by atoms with Crippen molar-refractivity contribution in [1.29, 1.82) is 0 Å². The van der Waals surface area contributed by atoms with Gasteiger partial charge in [0.1, 0.15) is 5.82 Å². The van der Waals surface area contributed by atoms with Gasteiger partial charge in [-0.25, -0.2) is 4.98 Å². The van der Waals surface area contributed by atoms with E-state index in [4.69, 9.17) is 0 Å². The standard InChI is InChI=1S/C14H19N3O/c1-3-5-13-6-4-7-14(15-13)17-10-8-16(9-11-17)12(2)18/h3-7H,8-11H2,1-2H3/b5-3+. The highest BCUT2D eigenvalue weighted by Gasteiger charge is 2.19. The van der Waals surface area contributed by atoms with E-state index in [-0.39, 0.29) is 5.91 Å². The maximum atomic E-state index is 11.3. The maximum Gasteiger partial charge on any atom is 0.219 e. The van der Waals surface area contributed by atoms with E-state index in [2.05, 4.69) is 9.88 Å². The molecule has 1 aromatic heterocycles. The Morgan fingerprint density at radius 2 is 2.00 bits per heavy atom. The Bertz CT molecular complexity index is 448. The van der Waals surface area contributed by atoms with Gasteiger partial charge >= 0.3 is 0 Å². The lowest BCUT2D eigenvalue weighted by Gasteiger charge is -2.35. The molecule has 0 N–H and O–H groups in total. The van der Waals surface area contributed by atoms with Gasteiger partial charge in [-0.05, 0) is 25.1 Å². The number of hydrogen-bond acceptors (Lipinski definition) is 3. The molecule has 1 fully saturated rings. The second kappa shape index (κ2) is 5.67. The molecule has 1 aliphatic heterocycles. The molecule has 0 radical (unpaired) electrons. The Hall–Kier alpha value is -1.84. The van der Waals surface area contributed by atoms with Crippen LogP contribution in [0.2, 0.25) is 0 Å². The highest BCUT2D eigenvalue weighted by Crippen LogP contribution is 2.14. The SMILES string of the molecule is C/C=C/c1cccc(N2CCN(C(C)=O)CC2)n1. The molecule has 18 heavy (non-hydrogen) atoms. The van der Waals surface area contributed by atoms with Crippen molar-refractivity contribution >= 4 is 17.8 Å². The van der Waals surface area contributed by atoms with Gasteiger partial charge < -0.3 is 9.80 Å². The minimum Gasteiger partial charge on any atom is -0.353 e. The second-order valence-electron chi connectivity index (χ2n) is 4.41. The van der Waals surface area contributed by atoms with Crippen molar-refractivity contribution in [3.05, 3.63) is 30.0 Å². The minimum absolute atomic E-state index is 0.158. The van der Waals surface area contributed by atoms with Gasteiger partial charge in [-0.2, -0.15) is 0 Å². The summed E-state index contributed by atoms with van der Waals surface area (Å²) in [5.74, 6) is 1.15. The molecular weight excluding hydrogens is 226 g/mol. The molecule has 1 aromatic rings. The maximum absolute atomic E-state index is 11.3. The van der Waals surface area contributed by atoms with E-state index in [1.807, 2.05) is 42.2 Å². The molecule has 0 aromatic carbocycles. The Morgan fingerprint density at radius 1 is 1.28 bits per heavy atom. The largest absolute Gasteiger partial charge is 0.353 e. The van der Waals surface area contributed by atoms with Crippen molar-refractivity contribution in [3.63, 3.8) is 0 Å². The number of allylic oxidation sites excluding steroid dienone is 1. The summed E-state index contributed by atoms with van der Waals surface area (Å²) in [7, 11) is 0. The van der Waals surface area contributed by atoms with Gasteiger partial charge in [0.25, 0.3) is 0 Å². The summed E-state index contributed by atoms with van der Waals surface area (Å²) in [6, 6.07) is 6.04. The van der Waals surface area contributed by atoms with Crippen LogP contribution in [-0.4, -0.2) is 42.0 Å². The van der Waals surface area contributed by atoms with Crippen molar-refractivity contribution in [2.24, 2.45) is 0 Å². The summed E-state index contributed by atoms with van der Waals surface area (Å²) in [5.41, 5.74) is 0.976. The molecular formula is C14H19N3O. The molecule has 1 amide bonds. The zero-order valence-corrected chi connectivity index (χ0v) is 11.0. The van der Waals surface area contributed by atoms with Crippen LogP contribution in [0.5, 0.6) is 0 Å². The van der Waals surface area contributed by atoms with Gasteiger partial charge in [0, 0.05) is 33.1 Å². The third kappa shape index (κ3) is 2.88. The van der Waals surface area contributed by atoms with E-state index >= 15 is 0 Å². The van der Waals surface area contributed by atoms with Gasteiger partial charge in [0.15, 0.2) is 0 Å². The Labute approximate surface area is 108 Å². The van der Waals surface area contributed by atoms with Gasteiger partial charge in [0.2, 0.25) is 5.91 Å². The number of hydrogen-bond donors (Lipinski definition) is 0. The van der Waals surface area contributed by atoms with E-state index in [0.717, 1.165) is 37.7 Å². The van der Waals surface area contributed by atoms with Crippen LogP contribution >= 0.6 is 0 Å². The molecule has 0 spiro atoms. The fraction of sp³-hybridized carbons (Fsp3) is 0.429. The Balaban J connectivity index is 2.05. The van der Waals surface area contributed by atoms with Crippen LogP contribution in [0.25, 0.3) is 6.08 Å². The first-order valence-electron chi connectivity index (χ1n) is 6.31. The van der Waals surface area contributed by atoms with Crippen LogP contribution in [0.1, 0.15) is 19.5 Å². The van der Waals surface area contributed by atoms with Gasteiger partial charge in [-0.1, -0.05) is 12.1 Å². The number of amides is 1. The number of carbonyl (C=O) groups is 1. The van der Waals surface area contributed by atoms with Crippen LogP contribution in [0.3, 0.4) is 0 Å². The number of pyridine rings is 1. The molecule has 2 heterocycles. The first-order valence-corrected chi connectivity index (χ1v) is 6.31. The van der Waals surface area contributed by atoms with Crippen LogP contribution in [0.15, 0.2) is 24.3 Å². The monoisotopic (exact) mass is 245 g/mol. The van der Waals surface area contributed by atoms with Crippen molar-refractivity contribution < 1.29 is 4.79 Å². The van der Waals surface area contributed by atoms with Crippen molar-refractivity contribution in [1.82, 2.24) is 9.88 Å². The number of aromatic nitrogens is 1. The molecule has 4 heteroatoms. The molecule has 0 saturated carbocycles. The highest BCUT2D eigenvalue weighted by atomic mass is 16.2. The predicted octanol–water partition coefficient (Wildman–Crippen LogP) is 1.78. The van der Waals surface area contributed by atoms with Crippen LogP contribution in [0, 0.1) is 0 Å². The van der Waals surface area contributed by atoms with Crippen molar-refractivity contribution in [2.45, 2.75) is 13.8 Å². The number of rotatable bonds is 2. The fourth-order valence-corrected chi connectivity index (χ4v) is 2.13. The lowest BCUT2D eigenvalue weighted by atomic mass is 10.2. The third-order valence-electron chi connectivity index (χ3n) is 3.14. The average molecular weight is 245 g/mol. The molecule has 0 aliphatic carbocycles. The van der Waals surface area contributed by atoms with E-state index < -0.39 is 0 Å². The summed E-state index contributed by atoms with van der Waals surface area (Å²) in [6.45, 7) is 6.88. The molecule has 2 rings (SSSR count). The summed E-state index contributed by atoms with van der Waals surface area (Å²) in [4.78, 5) is 20.0. The number of piperazine rings is 1. The van der Waals surface area contributed by atoms with Crippen molar-refractivity contribution in [2.75, 3.05) is 31.1 Å². The normalized spacial score (nSPS) is 16.3. The average Bonchev–Trinajstić information content (AvgIpc) is 2.39. The van der Waals surface area contributed by atoms with Crippen LogP contribution in [-0.2, 0) is 4.79 Å². The number of nitrogens with zero attached hydrogens (tertiary/aromatic N) is 3. The van der Waals surface area contributed by atoms with E-state index in [1.54, 1.807) is 6.92 Å². The van der Waals surface area contributed by atoms with Gasteiger partial charge in [-0.3, -0.25) is 4.79 Å². The van der Waals surface area contributed by atoms with Gasteiger partial charge in [-0.15, -0.1) is 0 Å². The minimum atomic E-state index is 0.158. The lowest BCUT2D eigenvalue weighted by molar-refractivity contribution is -0.129. The first kappa shape index (κ1) is 12.6. The zero-order chi connectivity index (χ0) is 13.0. The molecule has 96 valence electrons.